The van der Waals surface area contributed by atoms with Crippen molar-refractivity contribution in [3.8, 4) is 11.1 Å². The Kier molecular flexibility index (Phi) is 3.12. The van der Waals surface area contributed by atoms with Crippen LogP contribution in [0.3, 0.4) is 0 Å². The van der Waals surface area contributed by atoms with E-state index in [4.69, 9.17) is 17.3 Å². The highest BCUT2D eigenvalue weighted by Gasteiger charge is 2.06. The Hall–Kier alpha value is -1.47. The molecule has 2 aromatic rings. The summed E-state index contributed by atoms with van der Waals surface area (Å²) in [6, 6.07) is 10.3. The third kappa shape index (κ3) is 2.29. The van der Waals surface area contributed by atoms with E-state index in [2.05, 4.69) is 25.1 Å². The smallest absolute Gasteiger partial charge is 0.0438 e. The van der Waals surface area contributed by atoms with Crippen LogP contribution in [-0.4, -0.2) is 0 Å². The Balaban J connectivity index is 2.60. The predicted molar refractivity (Wildman–Crippen MR) is 75.5 cm³/mol. The predicted octanol–water partition coefficient (Wildman–Crippen LogP) is 4.51. The molecular formula is C15H16ClN. The molecule has 2 heteroatoms. The number of hydrogen-bond donors (Lipinski definition) is 1. The van der Waals surface area contributed by atoms with Gasteiger partial charge in [0.25, 0.3) is 0 Å². The minimum absolute atomic E-state index is 0.818. The number of anilines is 1. The van der Waals surface area contributed by atoms with Crippen LogP contribution >= 0.6 is 11.6 Å². The molecule has 0 radical (unpaired) electrons. The van der Waals surface area contributed by atoms with Crippen LogP contribution in [0.4, 0.5) is 5.69 Å². The highest BCUT2D eigenvalue weighted by atomic mass is 35.5. The number of nitrogens with two attached hydrogens (primary N) is 1. The molecule has 0 amide bonds. The Bertz CT molecular complexity index is 573. The van der Waals surface area contributed by atoms with Gasteiger partial charge in [-0.3, -0.25) is 0 Å². The summed E-state index contributed by atoms with van der Waals surface area (Å²) in [6.45, 7) is 6.12. The third-order valence-electron chi connectivity index (χ3n) is 3.09. The molecule has 2 aromatic carbocycles. The zero-order valence-electron chi connectivity index (χ0n) is 10.3. The molecule has 0 bridgehead atoms. The summed E-state index contributed by atoms with van der Waals surface area (Å²) in [5.74, 6) is 0. The van der Waals surface area contributed by atoms with E-state index in [1.165, 1.54) is 16.7 Å². The van der Waals surface area contributed by atoms with Crippen LogP contribution in [-0.2, 0) is 0 Å². The van der Waals surface area contributed by atoms with Crippen LogP contribution in [0, 0.1) is 20.8 Å². The van der Waals surface area contributed by atoms with E-state index < -0.39 is 0 Å². The van der Waals surface area contributed by atoms with Crippen LogP contribution in [0.5, 0.6) is 0 Å². The first kappa shape index (κ1) is 12.0. The van der Waals surface area contributed by atoms with Crippen molar-refractivity contribution in [1.82, 2.24) is 0 Å². The maximum Gasteiger partial charge on any atom is 0.0438 e. The van der Waals surface area contributed by atoms with Gasteiger partial charge in [-0.15, -0.1) is 0 Å². The van der Waals surface area contributed by atoms with E-state index in [1.54, 1.807) is 0 Å². The minimum atomic E-state index is 0.818. The quantitative estimate of drug-likeness (QED) is 0.735. The van der Waals surface area contributed by atoms with Crippen LogP contribution in [0.1, 0.15) is 16.7 Å². The van der Waals surface area contributed by atoms with Gasteiger partial charge in [0.1, 0.15) is 0 Å². The number of hydrogen-bond acceptors (Lipinski definition) is 1. The standard InChI is InChI=1S/C15H16ClN/c1-9-8-14(16)10(2)7-13(9)12-4-5-15(17)11(3)6-12/h4-8H,17H2,1-3H3. The van der Waals surface area contributed by atoms with Gasteiger partial charge in [-0.05, 0) is 72.9 Å². The highest BCUT2D eigenvalue weighted by molar-refractivity contribution is 6.31. The van der Waals surface area contributed by atoms with Gasteiger partial charge in [-0.1, -0.05) is 17.7 Å². The van der Waals surface area contributed by atoms with Crippen molar-refractivity contribution in [2.24, 2.45) is 0 Å². The fourth-order valence-corrected chi connectivity index (χ4v) is 2.15. The molecule has 0 aliphatic heterocycles. The molecule has 2 N–H and O–H groups in total. The number of halogens is 1. The van der Waals surface area contributed by atoms with Crippen LogP contribution in [0.25, 0.3) is 11.1 Å². The second-order valence-corrected chi connectivity index (χ2v) is 4.89. The lowest BCUT2D eigenvalue weighted by atomic mass is 9.97. The second-order valence-electron chi connectivity index (χ2n) is 4.49. The molecule has 0 saturated heterocycles. The molecule has 0 aromatic heterocycles. The van der Waals surface area contributed by atoms with Crippen LogP contribution < -0.4 is 5.73 Å². The van der Waals surface area contributed by atoms with Crippen LogP contribution in [0.2, 0.25) is 5.02 Å². The summed E-state index contributed by atoms with van der Waals surface area (Å²) >= 11 is 6.11. The van der Waals surface area contributed by atoms with Gasteiger partial charge in [0.2, 0.25) is 0 Å². The van der Waals surface area contributed by atoms with E-state index in [0.29, 0.717) is 0 Å². The molecule has 0 aliphatic rings. The van der Waals surface area contributed by atoms with Gasteiger partial charge in [0, 0.05) is 10.7 Å². The van der Waals surface area contributed by atoms with E-state index in [-0.39, 0.29) is 0 Å². The molecule has 0 saturated carbocycles. The average molecular weight is 246 g/mol. The zero-order valence-corrected chi connectivity index (χ0v) is 11.1. The van der Waals surface area contributed by atoms with Crippen molar-refractivity contribution < 1.29 is 0 Å². The van der Waals surface area contributed by atoms with Crippen molar-refractivity contribution in [3.05, 3.63) is 52.0 Å². The van der Waals surface area contributed by atoms with Gasteiger partial charge in [0.15, 0.2) is 0 Å². The number of aryl methyl sites for hydroxylation is 3. The number of nitrogen functional groups attached to an aromatic ring is 1. The summed E-state index contributed by atoms with van der Waals surface area (Å²) in [4.78, 5) is 0. The second kappa shape index (κ2) is 4.42. The molecule has 0 fully saturated rings. The van der Waals surface area contributed by atoms with Gasteiger partial charge in [-0.25, -0.2) is 0 Å². The van der Waals surface area contributed by atoms with Crippen LogP contribution in [0.15, 0.2) is 30.3 Å². The number of rotatable bonds is 1. The van der Waals surface area contributed by atoms with Crippen molar-refractivity contribution in [2.45, 2.75) is 20.8 Å². The van der Waals surface area contributed by atoms with E-state index in [0.717, 1.165) is 21.8 Å². The van der Waals surface area contributed by atoms with E-state index in [1.807, 2.05) is 26.0 Å². The zero-order chi connectivity index (χ0) is 12.6. The molecule has 88 valence electrons. The lowest BCUT2D eigenvalue weighted by Gasteiger charge is -2.10. The fraction of sp³-hybridized carbons (Fsp3) is 0.200. The number of benzene rings is 2. The van der Waals surface area contributed by atoms with Crippen molar-refractivity contribution in [3.63, 3.8) is 0 Å². The van der Waals surface area contributed by atoms with Gasteiger partial charge in [0.05, 0.1) is 0 Å². The van der Waals surface area contributed by atoms with Gasteiger partial charge >= 0.3 is 0 Å². The minimum Gasteiger partial charge on any atom is -0.399 e. The summed E-state index contributed by atoms with van der Waals surface area (Å²) in [5.41, 5.74) is 12.5. The molecule has 1 nitrogen and oxygen atoms in total. The van der Waals surface area contributed by atoms with Crippen molar-refractivity contribution in [2.75, 3.05) is 5.73 Å². The lowest BCUT2D eigenvalue weighted by Crippen LogP contribution is -1.91. The first-order valence-electron chi connectivity index (χ1n) is 5.62. The Morgan fingerprint density at radius 1 is 0.882 bits per heavy atom. The molecule has 0 atom stereocenters. The van der Waals surface area contributed by atoms with Crippen molar-refractivity contribution >= 4 is 17.3 Å². The summed E-state index contributed by atoms with van der Waals surface area (Å²) in [6.07, 6.45) is 0. The molecule has 2 rings (SSSR count). The SMILES string of the molecule is Cc1cc(-c2cc(C)c(Cl)cc2C)ccc1N. The normalized spacial score (nSPS) is 10.6. The molecule has 0 aliphatic carbocycles. The molecular weight excluding hydrogens is 230 g/mol. The lowest BCUT2D eigenvalue weighted by molar-refractivity contribution is 1.38. The Morgan fingerprint density at radius 3 is 2.24 bits per heavy atom. The molecule has 17 heavy (non-hydrogen) atoms. The topological polar surface area (TPSA) is 26.0 Å². The summed E-state index contributed by atoms with van der Waals surface area (Å²) in [7, 11) is 0. The first-order valence-corrected chi connectivity index (χ1v) is 6.00. The van der Waals surface area contributed by atoms with Gasteiger partial charge in [-0.2, -0.15) is 0 Å². The fourth-order valence-electron chi connectivity index (χ4n) is 1.94. The molecule has 0 unspecified atom stereocenters. The highest BCUT2D eigenvalue weighted by Crippen LogP contribution is 2.30. The average Bonchev–Trinajstić information content (AvgIpc) is 2.27. The van der Waals surface area contributed by atoms with Gasteiger partial charge < -0.3 is 5.73 Å². The maximum atomic E-state index is 6.11. The largest absolute Gasteiger partial charge is 0.399 e. The third-order valence-corrected chi connectivity index (χ3v) is 3.49. The molecule has 0 heterocycles. The van der Waals surface area contributed by atoms with Crippen molar-refractivity contribution in [1.29, 1.82) is 0 Å². The summed E-state index contributed by atoms with van der Waals surface area (Å²) < 4.78 is 0. The Morgan fingerprint density at radius 2 is 1.59 bits per heavy atom. The monoisotopic (exact) mass is 245 g/mol. The Labute approximate surface area is 107 Å². The van der Waals surface area contributed by atoms with E-state index in [9.17, 15) is 0 Å². The maximum absolute atomic E-state index is 6.11. The van der Waals surface area contributed by atoms with E-state index >= 15 is 0 Å². The summed E-state index contributed by atoms with van der Waals surface area (Å²) in [5, 5.41) is 0.818. The molecule has 0 spiro atoms. The first-order chi connectivity index (χ1) is 7.99.